The fraction of sp³-hybridized carbons (Fsp3) is 0.467. The summed E-state index contributed by atoms with van der Waals surface area (Å²) in [6.45, 7) is 1.84. The SMILES string of the molecule is COC(=O)c1nc(C2CCCCNC2)n2cc(O)ccc12. The summed E-state index contributed by atoms with van der Waals surface area (Å²) in [5.74, 6) is 0.723. The van der Waals surface area contributed by atoms with Crippen LogP contribution in [0, 0.1) is 0 Å². The Morgan fingerprint density at radius 2 is 2.33 bits per heavy atom. The zero-order chi connectivity index (χ0) is 14.8. The molecule has 0 saturated carbocycles. The van der Waals surface area contributed by atoms with Crippen LogP contribution in [0.5, 0.6) is 5.75 Å². The third-order valence-electron chi connectivity index (χ3n) is 3.94. The molecule has 6 nitrogen and oxygen atoms in total. The molecular formula is C15H19N3O3. The number of esters is 1. The van der Waals surface area contributed by atoms with Crippen LogP contribution in [0.4, 0.5) is 0 Å². The van der Waals surface area contributed by atoms with Crippen molar-refractivity contribution in [2.45, 2.75) is 25.2 Å². The minimum atomic E-state index is -0.453. The lowest BCUT2D eigenvalue weighted by molar-refractivity contribution is 0.0596. The number of imidazole rings is 1. The van der Waals surface area contributed by atoms with Crippen LogP contribution in [0.3, 0.4) is 0 Å². The van der Waals surface area contributed by atoms with Gasteiger partial charge >= 0.3 is 5.97 Å². The maximum absolute atomic E-state index is 11.9. The molecule has 1 unspecified atom stereocenters. The van der Waals surface area contributed by atoms with Gasteiger partial charge in [0.2, 0.25) is 0 Å². The van der Waals surface area contributed by atoms with Gasteiger partial charge in [-0.15, -0.1) is 0 Å². The predicted octanol–water partition coefficient (Wildman–Crippen LogP) is 1.68. The lowest BCUT2D eigenvalue weighted by atomic mass is 10.0. The number of hydrogen-bond acceptors (Lipinski definition) is 5. The second-order valence-corrected chi connectivity index (χ2v) is 5.35. The summed E-state index contributed by atoms with van der Waals surface area (Å²) in [6.07, 6.45) is 4.89. The van der Waals surface area contributed by atoms with Crippen molar-refractivity contribution < 1.29 is 14.6 Å². The van der Waals surface area contributed by atoms with E-state index in [0.717, 1.165) is 38.2 Å². The number of pyridine rings is 1. The van der Waals surface area contributed by atoms with Crippen molar-refractivity contribution in [3.8, 4) is 5.75 Å². The number of fused-ring (bicyclic) bond motifs is 1. The van der Waals surface area contributed by atoms with Crippen LogP contribution in [0.1, 0.15) is 41.5 Å². The Hall–Kier alpha value is -2.08. The summed E-state index contributed by atoms with van der Waals surface area (Å²) >= 11 is 0. The summed E-state index contributed by atoms with van der Waals surface area (Å²) < 4.78 is 6.61. The van der Waals surface area contributed by atoms with Crippen molar-refractivity contribution in [2.24, 2.45) is 0 Å². The molecule has 0 bridgehead atoms. The highest BCUT2D eigenvalue weighted by molar-refractivity contribution is 5.95. The molecule has 112 valence electrons. The molecule has 0 aromatic carbocycles. The zero-order valence-corrected chi connectivity index (χ0v) is 12.0. The minimum absolute atomic E-state index is 0.152. The molecule has 1 fully saturated rings. The van der Waals surface area contributed by atoms with Crippen molar-refractivity contribution in [1.29, 1.82) is 0 Å². The van der Waals surface area contributed by atoms with Gasteiger partial charge in [-0.25, -0.2) is 9.78 Å². The fourth-order valence-corrected chi connectivity index (χ4v) is 2.87. The van der Waals surface area contributed by atoms with Crippen LogP contribution in [0.25, 0.3) is 5.52 Å². The largest absolute Gasteiger partial charge is 0.506 e. The van der Waals surface area contributed by atoms with Gasteiger partial charge < -0.3 is 15.2 Å². The summed E-state index contributed by atoms with van der Waals surface area (Å²) in [6, 6.07) is 3.25. The first kappa shape index (κ1) is 13.9. The van der Waals surface area contributed by atoms with Crippen molar-refractivity contribution in [1.82, 2.24) is 14.7 Å². The fourth-order valence-electron chi connectivity index (χ4n) is 2.87. The van der Waals surface area contributed by atoms with E-state index in [-0.39, 0.29) is 11.7 Å². The molecule has 0 aliphatic carbocycles. The first-order valence-electron chi connectivity index (χ1n) is 7.20. The molecule has 0 radical (unpaired) electrons. The standard InChI is InChI=1S/C15H19N3O3/c1-21-15(20)13-12-6-5-11(19)9-18(12)14(17-13)10-4-2-3-7-16-8-10/h5-6,9-10,16,19H,2-4,7-8H2,1H3. The molecule has 21 heavy (non-hydrogen) atoms. The molecule has 0 spiro atoms. The van der Waals surface area contributed by atoms with Gasteiger partial charge in [0, 0.05) is 12.5 Å². The first-order valence-corrected chi connectivity index (χ1v) is 7.20. The molecule has 6 heteroatoms. The molecule has 1 saturated heterocycles. The second kappa shape index (κ2) is 5.73. The number of carbonyl (C=O) groups is 1. The highest BCUT2D eigenvalue weighted by atomic mass is 16.5. The molecular weight excluding hydrogens is 270 g/mol. The average molecular weight is 289 g/mol. The molecule has 1 atom stereocenters. The number of hydrogen-bond donors (Lipinski definition) is 2. The number of nitrogens with zero attached hydrogens (tertiary/aromatic N) is 2. The number of rotatable bonds is 2. The van der Waals surface area contributed by atoms with E-state index in [0.29, 0.717) is 11.2 Å². The molecule has 2 aromatic rings. The highest BCUT2D eigenvalue weighted by Crippen LogP contribution is 2.27. The average Bonchev–Trinajstić information content (AvgIpc) is 2.68. The van der Waals surface area contributed by atoms with Gasteiger partial charge in [-0.1, -0.05) is 6.42 Å². The number of methoxy groups -OCH3 is 1. The zero-order valence-electron chi connectivity index (χ0n) is 12.0. The molecule has 0 amide bonds. The third-order valence-corrected chi connectivity index (χ3v) is 3.94. The van der Waals surface area contributed by atoms with E-state index in [9.17, 15) is 9.90 Å². The van der Waals surface area contributed by atoms with E-state index in [1.807, 2.05) is 0 Å². The van der Waals surface area contributed by atoms with E-state index in [2.05, 4.69) is 10.3 Å². The monoisotopic (exact) mass is 289 g/mol. The van der Waals surface area contributed by atoms with Crippen molar-refractivity contribution in [3.05, 3.63) is 29.8 Å². The number of aromatic hydroxyl groups is 1. The highest BCUT2D eigenvalue weighted by Gasteiger charge is 2.24. The molecule has 3 rings (SSSR count). The van der Waals surface area contributed by atoms with Crippen LogP contribution in [0.15, 0.2) is 18.3 Å². The minimum Gasteiger partial charge on any atom is -0.506 e. The molecule has 1 aliphatic rings. The van der Waals surface area contributed by atoms with Crippen LogP contribution < -0.4 is 5.32 Å². The van der Waals surface area contributed by atoms with E-state index in [4.69, 9.17) is 4.74 Å². The van der Waals surface area contributed by atoms with Gasteiger partial charge in [0.25, 0.3) is 0 Å². The van der Waals surface area contributed by atoms with Crippen LogP contribution in [-0.4, -0.2) is 40.7 Å². The summed E-state index contributed by atoms with van der Waals surface area (Å²) in [5.41, 5.74) is 0.968. The smallest absolute Gasteiger partial charge is 0.358 e. The van der Waals surface area contributed by atoms with E-state index in [1.165, 1.54) is 7.11 Å². The Morgan fingerprint density at radius 3 is 3.14 bits per heavy atom. The molecule has 1 aliphatic heterocycles. The topological polar surface area (TPSA) is 75.9 Å². The van der Waals surface area contributed by atoms with Crippen LogP contribution in [0.2, 0.25) is 0 Å². The van der Waals surface area contributed by atoms with Crippen molar-refractivity contribution in [3.63, 3.8) is 0 Å². The lowest BCUT2D eigenvalue weighted by Gasteiger charge is -2.13. The van der Waals surface area contributed by atoms with Gasteiger partial charge in [0.15, 0.2) is 5.69 Å². The van der Waals surface area contributed by atoms with Gasteiger partial charge in [0.1, 0.15) is 11.6 Å². The molecule has 2 N–H and O–H groups in total. The Kier molecular flexibility index (Phi) is 3.79. The van der Waals surface area contributed by atoms with Crippen molar-refractivity contribution >= 4 is 11.5 Å². The first-order chi connectivity index (χ1) is 10.2. The lowest BCUT2D eigenvalue weighted by Crippen LogP contribution is -2.20. The van der Waals surface area contributed by atoms with Crippen LogP contribution in [-0.2, 0) is 4.74 Å². The Morgan fingerprint density at radius 1 is 1.48 bits per heavy atom. The Bertz CT molecular complexity index is 657. The second-order valence-electron chi connectivity index (χ2n) is 5.35. The quantitative estimate of drug-likeness (QED) is 0.823. The number of aromatic nitrogens is 2. The normalized spacial score (nSPS) is 19.4. The van der Waals surface area contributed by atoms with Crippen molar-refractivity contribution in [2.75, 3.05) is 20.2 Å². The van der Waals surface area contributed by atoms with Gasteiger partial charge in [0.05, 0.1) is 18.8 Å². The summed E-state index contributed by atoms with van der Waals surface area (Å²) in [4.78, 5) is 16.4. The maximum Gasteiger partial charge on any atom is 0.358 e. The van der Waals surface area contributed by atoms with E-state index in [1.54, 1.807) is 22.7 Å². The third kappa shape index (κ3) is 2.58. The number of ether oxygens (including phenoxy) is 1. The number of carbonyl (C=O) groups excluding carboxylic acids is 1. The van der Waals surface area contributed by atoms with Gasteiger partial charge in [-0.2, -0.15) is 0 Å². The van der Waals surface area contributed by atoms with E-state index >= 15 is 0 Å². The molecule has 3 heterocycles. The summed E-state index contributed by atoms with van der Waals surface area (Å²) in [7, 11) is 1.35. The molecule has 2 aromatic heterocycles. The van der Waals surface area contributed by atoms with E-state index < -0.39 is 5.97 Å². The Labute approximate surface area is 122 Å². The predicted molar refractivity (Wildman–Crippen MR) is 77.7 cm³/mol. The van der Waals surface area contributed by atoms with Crippen LogP contribution >= 0.6 is 0 Å². The van der Waals surface area contributed by atoms with Gasteiger partial charge in [-0.05, 0) is 31.5 Å². The summed E-state index contributed by atoms with van der Waals surface area (Å²) in [5, 5.41) is 13.1. The van der Waals surface area contributed by atoms with Gasteiger partial charge in [-0.3, -0.25) is 4.40 Å². The maximum atomic E-state index is 11.9. The number of nitrogens with one attached hydrogen (secondary N) is 1. The Balaban J connectivity index is 2.12.